The van der Waals surface area contributed by atoms with Crippen LogP contribution in [0, 0.1) is 12.8 Å². The van der Waals surface area contributed by atoms with Crippen LogP contribution >= 0.6 is 0 Å². The number of hydrogen-bond acceptors (Lipinski definition) is 3. The van der Waals surface area contributed by atoms with Gasteiger partial charge < -0.3 is 10.2 Å². The molecule has 0 aromatic carbocycles. The highest BCUT2D eigenvalue weighted by molar-refractivity contribution is 5.94. The molecule has 1 aliphatic heterocycles. The molecular formula is C12H15N3O2. The second-order valence-electron chi connectivity index (χ2n) is 4.28. The van der Waals surface area contributed by atoms with Crippen molar-refractivity contribution < 1.29 is 9.59 Å². The molecule has 1 saturated heterocycles. The Morgan fingerprint density at radius 2 is 2.18 bits per heavy atom. The molecule has 0 unspecified atom stereocenters. The van der Waals surface area contributed by atoms with E-state index in [0.29, 0.717) is 18.9 Å². The topological polar surface area (TPSA) is 62.3 Å². The van der Waals surface area contributed by atoms with E-state index in [1.54, 1.807) is 11.1 Å². The zero-order valence-electron chi connectivity index (χ0n) is 9.93. The lowest BCUT2D eigenvalue weighted by Crippen LogP contribution is -2.53. The van der Waals surface area contributed by atoms with E-state index in [4.69, 9.17) is 0 Å². The lowest BCUT2D eigenvalue weighted by Gasteiger charge is -2.37. The summed E-state index contributed by atoms with van der Waals surface area (Å²) in [7, 11) is 0. The highest BCUT2D eigenvalue weighted by atomic mass is 16.2. The second kappa shape index (κ2) is 4.53. The smallest absolute Gasteiger partial charge is 0.232 e. The summed E-state index contributed by atoms with van der Waals surface area (Å²) in [6, 6.07) is 3.72. The van der Waals surface area contributed by atoms with Gasteiger partial charge in [0.15, 0.2) is 0 Å². The van der Waals surface area contributed by atoms with E-state index in [2.05, 4.69) is 10.3 Å². The van der Waals surface area contributed by atoms with Gasteiger partial charge in [-0.1, -0.05) is 6.07 Å². The van der Waals surface area contributed by atoms with Gasteiger partial charge in [0.1, 0.15) is 5.82 Å². The van der Waals surface area contributed by atoms with Crippen LogP contribution < -0.4 is 5.32 Å². The number of amides is 2. The highest BCUT2D eigenvalue weighted by Gasteiger charge is 2.34. The average molecular weight is 233 g/mol. The van der Waals surface area contributed by atoms with Gasteiger partial charge in [-0.05, 0) is 18.6 Å². The summed E-state index contributed by atoms with van der Waals surface area (Å²) in [5, 5.41) is 2.78. The predicted molar refractivity (Wildman–Crippen MR) is 63.3 cm³/mol. The number of aromatic nitrogens is 1. The van der Waals surface area contributed by atoms with E-state index in [-0.39, 0.29) is 17.7 Å². The number of carbonyl (C=O) groups excluding carboxylic acids is 2. The van der Waals surface area contributed by atoms with Gasteiger partial charge in [0.25, 0.3) is 0 Å². The van der Waals surface area contributed by atoms with E-state index in [1.165, 1.54) is 6.92 Å². The minimum Gasteiger partial charge on any atom is -0.341 e. The Morgan fingerprint density at radius 3 is 2.76 bits per heavy atom. The van der Waals surface area contributed by atoms with Gasteiger partial charge in [0, 0.05) is 26.2 Å². The Labute approximate surface area is 99.8 Å². The molecule has 17 heavy (non-hydrogen) atoms. The number of nitrogens with zero attached hydrogens (tertiary/aromatic N) is 2. The summed E-state index contributed by atoms with van der Waals surface area (Å²) < 4.78 is 0. The number of pyridine rings is 1. The second-order valence-corrected chi connectivity index (χ2v) is 4.28. The van der Waals surface area contributed by atoms with Crippen LogP contribution in [0.25, 0.3) is 0 Å². The summed E-state index contributed by atoms with van der Waals surface area (Å²) in [4.78, 5) is 28.6. The van der Waals surface area contributed by atoms with Gasteiger partial charge in [-0.15, -0.1) is 0 Å². The van der Waals surface area contributed by atoms with Crippen LogP contribution in [-0.4, -0.2) is 34.8 Å². The monoisotopic (exact) mass is 233 g/mol. The quantitative estimate of drug-likeness (QED) is 0.822. The number of likely N-dealkylation sites (tertiary alicyclic amines) is 1. The standard InChI is InChI=1S/C12H15N3O2/c1-8-4-3-5-13-11(8)14-12(17)10-6-15(7-10)9(2)16/h3-5,10H,6-7H2,1-2H3,(H,13,14,17). The first-order chi connectivity index (χ1) is 8.08. The molecule has 1 fully saturated rings. The van der Waals surface area contributed by atoms with Crippen molar-refractivity contribution in [2.75, 3.05) is 18.4 Å². The number of hydrogen-bond donors (Lipinski definition) is 1. The van der Waals surface area contributed by atoms with Gasteiger partial charge in [0.2, 0.25) is 11.8 Å². The fraction of sp³-hybridized carbons (Fsp3) is 0.417. The summed E-state index contributed by atoms with van der Waals surface area (Å²) in [6.45, 7) is 4.42. The van der Waals surface area contributed by atoms with Crippen LogP contribution in [0.3, 0.4) is 0 Å². The third kappa shape index (κ3) is 2.43. The zero-order valence-corrected chi connectivity index (χ0v) is 9.93. The molecule has 0 aliphatic carbocycles. The van der Waals surface area contributed by atoms with Crippen LogP contribution in [0.4, 0.5) is 5.82 Å². The normalized spacial score (nSPS) is 15.3. The molecule has 0 atom stereocenters. The van der Waals surface area contributed by atoms with Crippen molar-refractivity contribution >= 4 is 17.6 Å². The molecule has 1 aromatic heterocycles. The van der Waals surface area contributed by atoms with Crippen molar-refractivity contribution in [2.24, 2.45) is 5.92 Å². The van der Waals surface area contributed by atoms with Crippen molar-refractivity contribution in [2.45, 2.75) is 13.8 Å². The minimum atomic E-state index is -0.111. The van der Waals surface area contributed by atoms with Crippen LogP contribution in [-0.2, 0) is 9.59 Å². The van der Waals surface area contributed by atoms with Crippen LogP contribution in [0.15, 0.2) is 18.3 Å². The minimum absolute atomic E-state index is 0.0167. The fourth-order valence-corrected chi connectivity index (χ4v) is 1.74. The summed E-state index contributed by atoms with van der Waals surface area (Å²) >= 11 is 0. The molecule has 1 N–H and O–H groups in total. The largest absolute Gasteiger partial charge is 0.341 e. The summed E-state index contributed by atoms with van der Waals surface area (Å²) in [5.74, 6) is 0.437. The Bertz CT molecular complexity index is 453. The number of carbonyl (C=O) groups is 2. The Morgan fingerprint density at radius 1 is 1.47 bits per heavy atom. The fourth-order valence-electron chi connectivity index (χ4n) is 1.74. The van der Waals surface area contributed by atoms with Crippen LogP contribution in [0.1, 0.15) is 12.5 Å². The maximum Gasteiger partial charge on any atom is 0.232 e. The molecule has 5 heteroatoms. The highest BCUT2D eigenvalue weighted by Crippen LogP contribution is 2.18. The molecule has 0 spiro atoms. The zero-order chi connectivity index (χ0) is 12.4. The van der Waals surface area contributed by atoms with Gasteiger partial charge >= 0.3 is 0 Å². The maximum absolute atomic E-state index is 11.8. The number of aryl methyl sites for hydroxylation is 1. The molecule has 2 amide bonds. The Kier molecular flexibility index (Phi) is 3.08. The van der Waals surface area contributed by atoms with Crippen molar-refractivity contribution in [1.29, 1.82) is 0 Å². The number of nitrogens with one attached hydrogen (secondary N) is 1. The maximum atomic E-state index is 11.8. The summed E-state index contributed by atoms with van der Waals surface area (Å²) in [6.07, 6.45) is 1.64. The molecule has 5 nitrogen and oxygen atoms in total. The third-order valence-electron chi connectivity index (χ3n) is 2.95. The predicted octanol–water partition coefficient (Wildman–Crippen LogP) is 0.807. The molecule has 0 saturated carbocycles. The lowest BCUT2D eigenvalue weighted by molar-refractivity contribution is -0.139. The molecule has 90 valence electrons. The van der Waals surface area contributed by atoms with E-state index in [0.717, 1.165) is 5.56 Å². The summed E-state index contributed by atoms with van der Waals surface area (Å²) in [5.41, 5.74) is 0.934. The van der Waals surface area contributed by atoms with Gasteiger partial charge in [0.05, 0.1) is 5.92 Å². The lowest BCUT2D eigenvalue weighted by atomic mass is 9.99. The first-order valence-electron chi connectivity index (χ1n) is 5.56. The van der Waals surface area contributed by atoms with Crippen molar-refractivity contribution in [3.05, 3.63) is 23.9 Å². The van der Waals surface area contributed by atoms with Gasteiger partial charge in [-0.2, -0.15) is 0 Å². The molecule has 2 rings (SSSR count). The van der Waals surface area contributed by atoms with E-state index in [1.807, 2.05) is 19.1 Å². The molecule has 1 aliphatic rings. The first-order valence-corrected chi connectivity index (χ1v) is 5.56. The molecule has 1 aromatic rings. The molecular weight excluding hydrogens is 218 g/mol. The Hall–Kier alpha value is -1.91. The molecule has 0 radical (unpaired) electrons. The SMILES string of the molecule is CC(=O)N1CC(C(=O)Nc2ncccc2C)C1. The molecule has 2 heterocycles. The van der Waals surface area contributed by atoms with Crippen LogP contribution in [0.2, 0.25) is 0 Å². The average Bonchev–Trinajstić information content (AvgIpc) is 2.18. The van der Waals surface area contributed by atoms with Crippen LogP contribution in [0.5, 0.6) is 0 Å². The first kappa shape index (κ1) is 11.6. The third-order valence-corrected chi connectivity index (χ3v) is 2.95. The van der Waals surface area contributed by atoms with Crippen molar-refractivity contribution in [3.63, 3.8) is 0 Å². The Balaban J connectivity index is 1.91. The van der Waals surface area contributed by atoms with Gasteiger partial charge in [-0.3, -0.25) is 9.59 Å². The van der Waals surface area contributed by atoms with Crippen molar-refractivity contribution in [1.82, 2.24) is 9.88 Å². The van der Waals surface area contributed by atoms with Crippen molar-refractivity contribution in [3.8, 4) is 0 Å². The number of anilines is 1. The van der Waals surface area contributed by atoms with E-state index in [9.17, 15) is 9.59 Å². The molecule has 0 bridgehead atoms. The number of rotatable bonds is 2. The van der Waals surface area contributed by atoms with Gasteiger partial charge in [-0.25, -0.2) is 4.98 Å². The van der Waals surface area contributed by atoms with E-state index >= 15 is 0 Å². The van der Waals surface area contributed by atoms with E-state index < -0.39 is 0 Å².